The van der Waals surface area contributed by atoms with Gasteiger partial charge >= 0.3 is 0 Å². The summed E-state index contributed by atoms with van der Waals surface area (Å²) in [5, 5.41) is 0. The smallest absolute Gasteiger partial charge is 0.156 e. The van der Waals surface area contributed by atoms with E-state index < -0.39 is 5.69 Å². The highest BCUT2D eigenvalue weighted by molar-refractivity contribution is 8.51. The van der Waals surface area contributed by atoms with Gasteiger partial charge in [0.05, 0.1) is 0 Å². The van der Waals surface area contributed by atoms with E-state index in [1.54, 1.807) is 0 Å². The molecular weight excluding hydrogens is 295 g/mol. The Labute approximate surface area is 124 Å². The molecule has 0 bridgehead atoms. The first-order valence-corrected chi connectivity index (χ1v) is 9.43. The molecule has 0 N–H and O–H groups in total. The molecule has 0 amide bonds. The highest BCUT2D eigenvalue weighted by Gasteiger charge is 2.06. The van der Waals surface area contributed by atoms with Crippen LogP contribution in [0.15, 0.2) is 48.5 Å². The van der Waals surface area contributed by atoms with Gasteiger partial charge in [0.2, 0.25) is 0 Å². The molecule has 0 radical (unpaired) electrons. The van der Waals surface area contributed by atoms with E-state index in [9.17, 15) is 0 Å². The lowest BCUT2D eigenvalue weighted by molar-refractivity contribution is 0.506. The van der Waals surface area contributed by atoms with Crippen LogP contribution in [0.25, 0.3) is 0 Å². The predicted octanol–water partition coefficient (Wildman–Crippen LogP) is 4.53. The lowest BCUT2D eigenvalue weighted by Crippen LogP contribution is -1.97. The molecule has 0 unspecified atom stereocenters. The Morgan fingerprint density at radius 2 is 1.11 bits per heavy atom. The molecule has 0 heterocycles. The second-order valence-corrected chi connectivity index (χ2v) is 9.09. The summed E-state index contributed by atoms with van der Waals surface area (Å²) < 4.78 is 11.2. The minimum atomic E-state index is -2.75. The highest BCUT2D eigenvalue weighted by Crippen LogP contribution is 2.46. The van der Waals surface area contributed by atoms with E-state index in [-0.39, 0.29) is 0 Å². The maximum atomic E-state index is 5.61. The first kappa shape index (κ1) is 14.4. The van der Waals surface area contributed by atoms with Gasteiger partial charge in [-0.1, -0.05) is 35.4 Å². The van der Waals surface area contributed by atoms with Crippen molar-refractivity contribution in [3.63, 3.8) is 0 Å². The minimum Gasteiger partial charge on any atom is -0.665 e. The largest absolute Gasteiger partial charge is 0.665 e. The normalized spacial score (nSPS) is 11.1. The van der Waals surface area contributed by atoms with Crippen molar-refractivity contribution in [2.45, 2.75) is 13.8 Å². The van der Waals surface area contributed by atoms with E-state index in [1.165, 1.54) is 0 Å². The molecule has 0 fully saturated rings. The fourth-order valence-corrected chi connectivity index (χ4v) is 3.30. The van der Waals surface area contributed by atoms with Gasteiger partial charge in [-0.3, -0.25) is 0 Å². The summed E-state index contributed by atoms with van der Waals surface area (Å²) in [6, 6.07) is 15.2. The van der Waals surface area contributed by atoms with Gasteiger partial charge in [-0.2, -0.15) is 0 Å². The standard InChI is InChI=1S/C14H15O2PS2/c1-11-3-7-13(8-4-11)15-17(18,19)16-14-9-5-12(2)6-10-14/h3-10H,1-2H3,(H,18,19)/p-1. The Hall–Kier alpha value is -0.960. The van der Waals surface area contributed by atoms with Crippen LogP contribution in [0.3, 0.4) is 0 Å². The van der Waals surface area contributed by atoms with E-state index >= 15 is 0 Å². The Morgan fingerprint density at radius 3 is 1.42 bits per heavy atom. The lowest BCUT2D eigenvalue weighted by atomic mass is 10.2. The van der Waals surface area contributed by atoms with E-state index in [4.69, 9.17) is 33.1 Å². The molecule has 2 nitrogen and oxygen atoms in total. The van der Waals surface area contributed by atoms with Gasteiger partial charge in [0.15, 0.2) is 5.69 Å². The van der Waals surface area contributed by atoms with Gasteiger partial charge < -0.3 is 21.3 Å². The van der Waals surface area contributed by atoms with Gasteiger partial charge in [-0.15, -0.1) is 0 Å². The molecule has 19 heavy (non-hydrogen) atoms. The Balaban J connectivity index is 2.08. The summed E-state index contributed by atoms with van der Waals surface area (Å²) in [4.78, 5) is 0. The molecule has 5 heteroatoms. The zero-order chi connectivity index (χ0) is 13.9. The molecule has 0 atom stereocenters. The number of hydrogen-bond donors (Lipinski definition) is 0. The van der Waals surface area contributed by atoms with Gasteiger partial charge in [0.25, 0.3) is 0 Å². The number of benzene rings is 2. The molecule has 0 aromatic heterocycles. The van der Waals surface area contributed by atoms with Crippen molar-refractivity contribution in [1.29, 1.82) is 0 Å². The maximum absolute atomic E-state index is 5.61. The highest BCUT2D eigenvalue weighted by atomic mass is 32.9. The molecule has 0 spiro atoms. The fraction of sp³-hybridized carbons (Fsp3) is 0.143. The second-order valence-electron chi connectivity index (χ2n) is 4.26. The van der Waals surface area contributed by atoms with Crippen LogP contribution in [0, 0.1) is 13.8 Å². The molecule has 0 saturated heterocycles. The second kappa shape index (κ2) is 6.00. The van der Waals surface area contributed by atoms with Crippen molar-refractivity contribution in [3.05, 3.63) is 59.7 Å². The van der Waals surface area contributed by atoms with Crippen molar-refractivity contribution >= 4 is 29.7 Å². The van der Waals surface area contributed by atoms with Crippen LogP contribution in [0.1, 0.15) is 11.1 Å². The van der Waals surface area contributed by atoms with Crippen LogP contribution < -0.4 is 9.05 Å². The summed E-state index contributed by atoms with van der Waals surface area (Å²) in [6.07, 6.45) is 0. The molecule has 2 aromatic carbocycles. The van der Waals surface area contributed by atoms with Crippen LogP contribution in [0.5, 0.6) is 11.5 Å². The first-order valence-electron chi connectivity index (χ1n) is 5.78. The van der Waals surface area contributed by atoms with Gasteiger partial charge in [0, 0.05) is 0 Å². The summed E-state index contributed by atoms with van der Waals surface area (Å²) in [5.41, 5.74) is -0.436. The third-order valence-electron chi connectivity index (χ3n) is 2.48. The van der Waals surface area contributed by atoms with Gasteiger partial charge in [-0.05, 0) is 49.9 Å². The zero-order valence-electron chi connectivity index (χ0n) is 10.7. The van der Waals surface area contributed by atoms with Crippen molar-refractivity contribution in [3.8, 4) is 11.5 Å². The molecule has 0 saturated carbocycles. The zero-order valence-corrected chi connectivity index (χ0v) is 13.2. The van der Waals surface area contributed by atoms with E-state index in [1.807, 2.05) is 62.4 Å². The van der Waals surface area contributed by atoms with Crippen LogP contribution >= 0.6 is 5.69 Å². The number of rotatable bonds is 4. The monoisotopic (exact) mass is 309 g/mol. The number of aryl methyl sites for hydroxylation is 2. The SMILES string of the molecule is Cc1ccc(OP(=S)([S-])Oc2ccc(C)cc2)cc1. The predicted molar refractivity (Wildman–Crippen MR) is 85.3 cm³/mol. The van der Waals surface area contributed by atoms with Crippen LogP contribution in [-0.2, 0) is 24.1 Å². The first-order chi connectivity index (χ1) is 8.94. The average Bonchev–Trinajstić information content (AvgIpc) is 2.34. The fourth-order valence-electron chi connectivity index (χ4n) is 1.48. The lowest BCUT2D eigenvalue weighted by Gasteiger charge is -2.29. The van der Waals surface area contributed by atoms with Crippen molar-refractivity contribution in [2.75, 3.05) is 0 Å². The molecule has 0 aliphatic carbocycles. The summed E-state index contributed by atoms with van der Waals surface area (Å²) >= 11 is 10.5. The third-order valence-corrected chi connectivity index (χ3v) is 4.24. The van der Waals surface area contributed by atoms with Crippen LogP contribution in [-0.4, -0.2) is 0 Å². The van der Waals surface area contributed by atoms with Crippen molar-refractivity contribution < 1.29 is 9.05 Å². The van der Waals surface area contributed by atoms with Crippen molar-refractivity contribution in [1.82, 2.24) is 0 Å². The molecule has 0 aliphatic heterocycles. The van der Waals surface area contributed by atoms with E-state index in [0.717, 1.165) is 11.1 Å². The molecule has 2 rings (SSSR count). The van der Waals surface area contributed by atoms with Crippen molar-refractivity contribution in [2.24, 2.45) is 0 Å². The quantitative estimate of drug-likeness (QED) is 0.610. The summed E-state index contributed by atoms with van der Waals surface area (Å²) in [6.45, 7) is 4.02. The van der Waals surface area contributed by atoms with Gasteiger partial charge in [-0.25, -0.2) is 0 Å². The van der Waals surface area contributed by atoms with E-state index in [2.05, 4.69) is 0 Å². The Bertz CT molecular complexity index is 542. The summed E-state index contributed by atoms with van der Waals surface area (Å²) in [5.74, 6) is 1.30. The van der Waals surface area contributed by atoms with E-state index in [0.29, 0.717) is 11.5 Å². The third kappa shape index (κ3) is 4.57. The molecule has 100 valence electrons. The minimum absolute atomic E-state index is 0.649. The van der Waals surface area contributed by atoms with Gasteiger partial charge in [0.1, 0.15) is 11.5 Å². The Kier molecular flexibility index (Phi) is 4.56. The average molecular weight is 309 g/mol. The maximum Gasteiger partial charge on any atom is 0.156 e. The Morgan fingerprint density at radius 1 is 0.789 bits per heavy atom. The molecular formula is C14H14O2PS2-. The topological polar surface area (TPSA) is 18.5 Å². The van der Waals surface area contributed by atoms with Crippen LogP contribution in [0.2, 0.25) is 0 Å². The molecule has 0 aliphatic rings. The number of hydrogen-bond acceptors (Lipinski definition) is 4. The van der Waals surface area contributed by atoms with Crippen LogP contribution in [0.4, 0.5) is 0 Å². The summed E-state index contributed by atoms with van der Waals surface area (Å²) in [7, 11) is 0. The molecule has 2 aromatic rings.